The Hall–Kier alpha value is -2.55. The largest absolute Gasteiger partial charge is 0.456 e. The van der Waals surface area contributed by atoms with E-state index in [9.17, 15) is 30.1 Å². The Morgan fingerprint density at radius 2 is 1.65 bits per heavy atom. The fraction of sp³-hybridized carbons (Fsp3) is 0.588. The van der Waals surface area contributed by atoms with E-state index in [1.54, 1.807) is 6.92 Å². The number of nitro groups is 2. The topological polar surface area (TPSA) is 133 Å². The molecule has 1 N–H and O–H groups in total. The monoisotopic (exact) mass is 364 g/mol. The molecular formula is C17H20N2O7. The van der Waals surface area contributed by atoms with Gasteiger partial charge in [0.15, 0.2) is 0 Å². The van der Waals surface area contributed by atoms with E-state index in [0.717, 1.165) is 18.2 Å². The first-order valence-corrected chi connectivity index (χ1v) is 8.30. The zero-order valence-electron chi connectivity index (χ0n) is 14.7. The SMILES string of the molecule is CC1(C)[C@H]2C[C@@H](OC(=O)c3cc([N+](=O)[O-])cc([N+](=O)[O-])c3)[C@](C)(O)C[C@@H]21. The Labute approximate surface area is 149 Å². The Balaban J connectivity index is 1.84. The number of rotatable bonds is 4. The van der Waals surface area contributed by atoms with Gasteiger partial charge in [0, 0.05) is 12.1 Å². The molecule has 0 radical (unpaired) electrons. The molecule has 4 atom stereocenters. The number of carbonyl (C=O) groups excluding carboxylic acids is 1. The first-order valence-electron chi connectivity index (χ1n) is 8.30. The van der Waals surface area contributed by atoms with Gasteiger partial charge in [0.1, 0.15) is 6.10 Å². The van der Waals surface area contributed by atoms with Crippen LogP contribution in [0, 0.1) is 37.5 Å². The standard InChI is InChI=1S/C17H20N2O7/c1-16(2)12-7-14(17(3,21)8-13(12)16)26-15(20)9-4-10(18(22)23)6-11(5-9)19(24)25/h4-6,12-14,21H,7-8H2,1-3H3/t12-,13-,14+,17+/m0/s1. The molecule has 26 heavy (non-hydrogen) atoms. The second-order valence-corrected chi connectivity index (χ2v) is 7.98. The van der Waals surface area contributed by atoms with Crippen molar-refractivity contribution in [3.8, 4) is 0 Å². The molecule has 9 nitrogen and oxygen atoms in total. The number of esters is 1. The summed E-state index contributed by atoms with van der Waals surface area (Å²) in [6.45, 7) is 5.81. The van der Waals surface area contributed by atoms with Crippen LogP contribution in [0.2, 0.25) is 0 Å². The lowest BCUT2D eigenvalue weighted by atomic mass is 9.83. The third-order valence-corrected chi connectivity index (χ3v) is 5.89. The molecule has 140 valence electrons. The van der Waals surface area contributed by atoms with Gasteiger partial charge in [0.25, 0.3) is 11.4 Å². The number of fused-ring (bicyclic) bond motifs is 1. The lowest BCUT2D eigenvalue weighted by molar-refractivity contribution is -0.394. The van der Waals surface area contributed by atoms with Crippen molar-refractivity contribution < 1.29 is 24.5 Å². The highest BCUT2D eigenvalue weighted by molar-refractivity contribution is 5.91. The molecule has 2 saturated carbocycles. The van der Waals surface area contributed by atoms with Crippen LogP contribution in [0.3, 0.4) is 0 Å². The summed E-state index contributed by atoms with van der Waals surface area (Å²) >= 11 is 0. The van der Waals surface area contributed by atoms with E-state index in [-0.39, 0.29) is 11.0 Å². The molecule has 0 aliphatic heterocycles. The van der Waals surface area contributed by atoms with Crippen molar-refractivity contribution in [1.29, 1.82) is 0 Å². The number of carbonyl (C=O) groups is 1. The van der Waals surface area contributed by atoms with E-state index < -0.39 is 38.9 Å². The summed E-state index contributed by atoms with van der Waals surface area (Å²) in [7, 11) is 0. The van der Waals surface area contributed by atoms with Crippen molar-refractivity contribution in [2.24, 2.45) is 17.3 Å². The third-order valence-electron chi connectivity index (χ3n) is 5.89. The van der Waals surface area contributed by atoms with Crippen LogP contribution >= 0.6 is 0 Å². The predicted octanol–water partition coefficient (Wildman–Crippen LogP) is 2.85. The zero-order chi connectivity index (χ0) is 19.4. The molecule has 0 heterocycles. The second-order valence-electron chi connectivity index (χ2n) is 7.98. The minimum atomic E-state index is -1.21. The summed E-state index contributed by atoms with van der Waals surface area (Å²) in [5.41, 5.74) is -2.54. The van der Waals surface area contributed by atoms with Gasteiger partial charge in [-0.05, 0) is 37.0 Å². The highest BCUT2D eigenvalue weighted by atomic mass is 16.6. The quantitative estimate of drug-likeness (QED) is 0.493. The summed E-state index contributed by atoms with van der Waals surface area (Å²) in [6.07, 6.45) is 0.224. The fourth-order valence-electron chi connectivity index (χ4n) is 4.09. The van der Waals surface area contributed by atoms with Crippen molar-refractivity contribution in [2.75, 3.05) is 0 Å². The summed E-state index contributed by atoms with van der Waals surface area (Å²) in [4.78, 5) is 32.7. The minimum absolute atomic E-state index is 0.0788. The van der Waals surface area contributed by atoms with Gasteiger partial charge < -0.3 is 9.84 Å². The van der Waals surface area contributed by atoms with Crippen molar-refractivity contribution in [3.63, 3.8) is 0 Å². The minimum Gasteiger partial charge on any atom is -0.456 e. The van der Waals surface area contributed by atoms with Crippen molar-refractivity contribution in [1.82, 2.24) is 0 Å². The Morgan fingerprint density at radius 3 is 2.15 bits per heavy atom. The van der Waals surface area contributed by atoms with Gasteiger partial charge in [-0.3, -0.25) is 20.2 Å². The average Bonchev–Trinajstić information content (AvgIpc) is 3.05. The zero-order valence-corrected chi connectivity index (χ0v) is 14.7. The molecule has 3 rings (SSSR count). The highest BCUT2D eigenvalue weighted by Crippen LogP contribution is 2.66. The number of hydrogen-bond donors (Lipinski definition) is 1. The van der Waals surface area contributed by atoms with Crippen LogP contribution in [-0.4, -0.2) is 32.6 Å². The van der Waals surface area contributed by atoms with E-state index in [1.807, 2.05) is 0 Å². The number of benzene rings is 1. The van der Waals surface area contributed by atoms with E-state index in [4.69, 9.17) is 4.74 Å². The van der Waals surface area contributed by atoms with Gasteiger partial charge in [-0.15, -0.1) is 0 Å². The number of hydrogen-bond acceptors (Lipinski definition) is 7. The first-order chi connectivity index (χ1) is 11.9. The van der Waals surface area contributed by atoms with Crippen LogP contribution in [-0.2, 0) is 4.74 Å². The molecule has 0 spiro atoms. The summed E-state index contributed by atoms with van der Waals surface area (Å²) < 4.78 is 5.42. The van der Waals surface area contributed by atoms with Gasteiger partial charge in [-0.2, -0.15) is 0 Å². The number of nitrogens with zero attached hydrogens (tertiary/aromatic N) is 2. The molecule has 0 aromatic heterocycles. The molecule has 2 aliphatic rings. The molecule has 0 unspecified atom stereocenters. The van der Waals surface area contributed by atoms with E-state index in [2.05, 4.69) is 13.8 Å². The van der Waals surface area contributed by atoms with Crippen LogP contribution in [0.4, 0.5) is 11.4 Å². The maximum absolute atomic E-state index is 12.5. The number of ether oxygens (including phenoxy) is 1. The lowest BCUT2D eigenvalue weighted by Gasteiger charge is -2.35. The van der Waals surface area contributed by atoms with Crippen LogP contribution in [0.25, 0.3) is 0 Å². The Bertz CT molecular complexity index is 770. The maximum Gasteiger partial charge on any atom is 0.339 e. The summed E-state index contributed by atoms with van der Waals surface area (Å²) in [5.74, 6) is -0.217. The van der Waals surface area contributed by atoms with Gasteiger partial charge in [-0.1, -0.05) is 13.8 Å². The summed E-state index contributed by atoms with van der Waals surface area (Å²) in [5, 5.41) is 32.6. The molecule has 9 heteroatoms. The number of aliphatic hydroxyl groups is 1. The molecule has 1 aromatic rings. The first kappa shape index (κ1) is 18.2. The maximum atomic E-state index is 12.5. The lowest BCUT2D eigenvalue weighted by Crippen LogP contribution is -2.45. The number of non-ortho nitro benzene ring substituents is 2. The second kappa shape index (κ2) is 5.73. The van der Waals surface area contributed by atoms with Crippen molar-refractivity contribution in [3.05, 3.63) is 44.0 Å². The van der Waals surface area contributed by atoms with Gasteiger partial charge >= 0.3 is 5.97 Å². The molecule has 1 aromatic carbocycles. The van der Waals surface area contributed by atoms with Crippen LogP contribution in [0.15, 0.2) is 18.2 Å². The van der Waals surface area contributed by atoms with Crippen LogP contribution in [0.1, 0.15) is 44.0 Å². The van der Waals surface area contributed by atoms with Gasteiger partial charge in [0.05, 0.1) is 27.1 Å². The van der Waals surface area contributed by atoms with Gasteiger partial charge in [0.2, 0.25) is 0 Å². The van der Waals surface area contributed by atoms with Crippen LogP contribution in [0.5, 0.6) is 0 Å². The highest BCUT2D eigenvalue weighted by Gasteiger charge is 2.64. The predicted molar refractivity (Wildman–Crippen MR) is 89.6 cm³/mol. The van der Waals surface area contributed by atoms with Crippen molar-refractivity contribution >= 4 is 17.3 Å². The van der Waals surface area contributed by atoms with Crippen molar-refractivity contribution in [2.45, 2.75) is 45.3 Å². The molecular weight excluding hydrogens is 344 g/mol. The third kappa shape index (κ3) is 3.03. The molecule has 0 bridgehead atoms. The van der Waals surface area contributed by atoms with E-state index in [1.165, 1.54) is 0 Å². The average molecular weight is 364 g/mol. The normalized spacial score (nSPS) is 31.6. The molecule has 0 saturated heterocycles. The molecule has 2 fully saturated rings. The van der Waals surface area contributed by atoms with E-state index in [0.29, 0.717) is 24.7 Å². The Kier molecular flexibility index (Phi) is 4.02. The van der Waals surface area contributed by atoms with Gasteiger partial charge in [-0.25, -0.2) is 4.79 Å². The summed E-state index contributed by atoms with van der Waals surface area (Å²) in [6, 6.07) is 2.67. The smallest absolute Gasteiger partial charge is 0.339 e. The molecule has 0 amide bonds. The fourth-order valence-corrected chi connectivity index (χ4v) is 4.09. The van der Waals surface area contributed by atoms with E-state index >= 15 is 0 Å². The molecule has 2 aliphatic carbocycles. The number of nitro benzene ring substituents is 2. The Morgan fingerprint density at radius 1 is 1.12 bits per heavy atom. The van der Waals surface area contributed by atoms with Crippen LogP contribution < -0.4 is 0 Å².